The number of hydrogen-bond donors (Lipinski definition) is 1. The van der Waals surface area contributed by atoms with Gasteiger partial charge in [-0.05, 0) is 43.0 Å². The highest BCUT2D eigenvalue weighted by molar-refractivity contribution is 7.09. The van der Waals surface area contributed by atoms with Gasteiger partial charge in [-0.15, -0.1) is 11.3 Å². The van der Waals surface area contributed by atoms with E-state index in [1.807, 2.05) is 11.3 Å². The van der Waals surface area contributed by atoms with Crippen LogP contribution in [-0.4, -0.2) is 29.6 Å². The first-order valence-electron chi connectivity index (χ1n) is 8.37. The summed E-state index contributed by atoms with van der Waals surface area (Å²) in [7, 11) is 0. The van der Waals surface area contributed by atoms with E-state index in [9.17, 15) is 0 Å². The number of piperazine rings is 1. The molecule has 1 spiro atoms. The number of thiophene rings is 1. The van der Waals surface area contributed by atoms with E-state index in [4.69, 9.17) is 0 Å². The van der Waals surface area contributed by atoms with Crippen LogP contribution in [0, 0.1) is 5.92 Å². The average molecular weight is 290 g/mol. The molecule has 2 heterocycles. The molecule has 4 rings (SSSR count). The van der Waals surface area contributed by atoms with Crippen molar-refractivity contribution >= 4 is 11.3 Å². The van der Waals surface area contributed by atoms with Crippen LogP contribution < -0.4 is 5.32 Å². The summed E-state index contributed by atoms with van der Waals surface area (Å²) in [6.07, 6.45) is 10.0. The van der Waals surface area contributed by atoms with Crippen molar-refractivity contribution in [2.75, 3.05) is 13.1 Å². The van der Waals surface area contributed by atoms with Gasteiger partial charge < -0.3 is 5.32 Å². The lowest BCUT2D eigenvalue weighted by molar-refractivity contribution is 0.000437. The molecule has 3 heteroatoms. The second-order valence-electron chi connectivity index (χ2n) is 7.07. The lowest BCUT2D eigenvalue weighted by atomic mass is 9.78. The zero-order valence-corrected chi connectivity index (χ0v) is 13.1. The highest BCUT2D eigenvalue weighted by Crippen LogP contribution is 2.41. The maximum absolute atomic E-state index is 3.91. The van der Waals surface area contributed by atoms with Gasteiger partial charge in [0.1, 0.15) is 0 Å². The van der Waals surface area contributed by atoms with Crippen molar-refractivity contribution in [2.45, 2.75) is 63.1 Å². The Labute approximate surface area is 126 Å². The molecule has 2 nitrogen and oxygen atoms in total. The summed E-state index contributed by atoms with van der Waals surface area (Å²) >= 11 is 1.93. The summed E-state index contributed by atoms with van der Waals surface area (Å²) in [4.78, 5) is 4.41. The van der Waals surface area contributed by atoms with Gasteiger partial charge in [-0.25, -0.2) is 0 Å². The van der Waals surface area contributed by atoms with Crippen molar-refractivity contribution in [3.05, 3.63) is 22.4 Å². The molecule has 3 fully saturated rings. The van der Waals surface area contributed by atoms with Gasteiger partial charge in [0.15, 0.2) is 0 Å². The van der Waals surface area contributed by atoms with Crippen LogP contribution in [0.4, 0.5) is 0 Å². The molecule has 1 aromatic rings. The van der Waals surface area contributed by atoms with E-state index >= 15 is 0 Å². The Morgan fingerprint density at radius 1 is 1.25 bits per heavy atom. The van der Waals surface area contributed by atoms with Gasteiger partial charge in [0.05, 0.1) is 0 Å². The summed E-state index contributed by atoms with van der Waals surface area (Å²) in [6, 6.07) is 5.28. The minimum absolute atomic E-state index is 0.466. The van der Waals surface area contributed by atoms with E-state index in [1.54, 1.807) is 4.88 Å². The molecule has 20 heavy (non-hydrogen) atoms. The van der Waals surface area contributed by atoms with Crippen LogP contribution in [0.3, 0.4) is 0 Å². The van der Waals surface area contributed by atoms with Crippen LogP contribution in [0.2, 0.25) is 0 Å². The fourth-order valence-corrected chi connectivity index (χ4v) is 4.99. The van der Waals surface area contributed by atoms with Crippen LogP contribution in [0.25, 0.3) is 0 Å². The normalized spacial score (nSPS) is 30.7. The smallest absolute Gasteiger partial charge is 0.0338 e. The van der Waals surface area contributed by atoms with Gasteiger partial charge in [0.2, 0.25) is 0 Å². The van der Waals surface area contributed by atoms with Crippen molar-refractivity contribution in [3.8, 4) is 0 Å². The monoisotopic (exact) mass is 290 g/mol. The van der Waals surface area contributed by atoms with Gasteiger partial charge >= 0.3 is 0 Å². The SMILES string of the molecule is c1csc(CN2CC(C3CC3)NCC23CCCCC3)c1. The van der Waals surface area contributed by atoms with Crippen LogP contribution in [0.15, 0.2) is 17.5 Å². The van der Waals surface area contributed by atoms with Crippen molar-refractivity contribution < 1.29 is 0 Å². The first kappa shape index (κ1) is 13.3. The fraction of sp³-hybridized carbons (Fsp3) is 0.765. The van der Waals surface area contributed by atoms with Gasteiger partial charge in [0.25, 0.3) is 0 Å². The topological polar surface area (TPSA) is 15.3 Å². The number of hydrogen-bond acceptors (Lipinski definition) is 3. The molecule has 1 saturated heterocycles. The van der Waals surface area contributed by atoms with Gasteiger partial charge in [0, 0.05) is 36.1 Å². The summed E-state index contributed by atoms with van der Waals surface area (Å²) in [6.45, 7) is 3.70. The highest BCUT2D eigenvalue weighted by Gasteiger charge is 2.45. The summed E-state index contributed by atoms with van der Waals surface area (Å²) in [5, 5.41) is 6.14. The third kappa shape index (κ3) is 2.56. The molecule has 1 unspecified atom stereocenters. The van der Waals surface area contributed by atoms with E-state index in [1.165, 1.54) is 64.6 Å². The molecule has 0 bridgehead atoms. The summed E-state index contributed by atoms with van der Waals surface area (Å²) in [5.41, 5.74) is 0.466. The van der Waals surface area contributed by atoms with Crippen molar-refractivity contribution in [3.63, 3.8) is 0 Å². The average Bonchev–Trinajstić information content (AvgIpc) is 3.20. The van der Waals surface area contributed by atoms with E-state index < -0.39 is 0 Å². The third-order valence-electron chi connectivity index (χ3n) is 5.68. The van der Waals surface area contributed by atoms with E-state index in [2.05, 4.69) is 27.7 Å². The molecule has 1 N–H and O–H groups in total. The van der Waals surface area contributed by atoms with E-state index in [-0.39, 0.29) is 0 Å². The molecular formula is C17H26N2S. The first-order chi connectivity index (χ1) is 9.86. The second-order valence-corrected chi connectivity index (χ2v) is 8.10. The molecule has 2 aliphatic carbocycles. The van der Waals surface area contributed by atoms with Crippen LogP contribution in [0.5, 0.6) is 0 Å². The lowest BCUT2D eigenvalue weighted by Crippen LogP contribution is -2.65. The Bertz CT molecular complexity index is 432. The Kier molecular flexibility index (Phi) is 3.61. The van der Waals surface area contributed by atoms with E-state index in [0.717, 1.165) is 12.0 Å². The lowest BCUT2D eigenvalue weighted by Gasteiger charge is -2.52. The fourth-order valence-electron chi connectivity index (χ4n) is 4.27. The predicted molar refractivity (Wildman–Crippen MR) is 85.1 cm³/mol. The van der Waals surface area contributed by atoms with Crippen molar-refractivity contribution in [2.24, 2.45) is 5.92 Å². The minimum Gasteiger partial charge on any atom is -0.311 e. The largest absolute Gasteiger partial charge is 0.311 e. The van der Waals surface area contributed by atoms with E-state index in [0.29, 0.717) is 5.54 Å². The molecule has 1 aromatic heterocycles. The summed E-state index contributed by atoms with van der Waals surface area (Å²) < 4.78 is 0. The Balaban J connectivity index is 1.53. The first-order valence-corrected chi connectivity index (χ1v) is 9.25. The van der Waals surface area contributed by atoms with Crippen LogP contribution in [0.1, 0.15) is 49.8 Å². The Morgan fingerprint density at radius 3 is 2.80 bits per heavy atom. The maximum atomic E-state index is 3.91. The molecular weight excluding hydrogens is 264 g/mol. The molecule has 0 aromatic carbocycles. The molecule has 110 valence electrons. The zero-order valence-electron chi connectivity index (χ0n) is 12.3. The Hall–Kier alpha value is -0.380. The number of nitrogens with zero attached hydrogens (tertiary/aromatic N) is 1. The minimum atomic E-state index is 0.466. The molecule has 2 saturated carbocycles. The van der Waals surface area contributed by atoms with Crippen LogP contribution in [-0.2, 0) is 6.54 Å². The standard InChI is InChI=1S/C17H26N2S/c1-2-8-17(9-3-1)13-18-16(14-6-7-14)12-19(17)11-15-5-4-10-20-15/h4-5,10,14,16,18H,1-3,6-9,11-13H2. The molecule has 0 amide bonds. The maximum Gasteiger partial charge on any atom is 0.0338 e. The van der Waals surface area contributed by atoms with Gasteiger partial charge in [-0.1, -0.05) is 25.3 Å². The van der Waals surface area contributed by atoms with Gasteiger partial charge in [-0.3, -0.25) is 4.90 Å². The molecule has 1 atom stereocenters. The van der Waals surface area contributed by atoms with Crippen molar-refractivity contribution in [1.29, 1.82) is 0 Å². The van der Waals surface area contributed by atoms with Crippen molar-refractivity contribution in [1.82, 2.24) is 10.2 Å². The molecule has 0 radical (unpaired) electrons. The highest BCUT2D eigenvalue weighted by atomic mass is 32.1. The quantitative estimate of drug-likeness (QED) is 0.914. The Morgan fingerprint density at radius 2 is 2.10 bits per heavy atom. The third-order valence-corrected chi connectivity index (χ3v) is 6.54. The second kappa shape index (κ2) is 5.43. The predicted octanol–water partition coefficient (Wildman–Crippen LogP) is 3.63. The summed E-state index contributed by atoms with van der Waals surface area (Å²) in [5.74, 6) is 0.974. The van der Waals surface area contributed by atoms with Crippen LogP contribution >= 0.6 is 11.3 Å². The molecule has 3 aliphatic rings. The zero-order chi connectivity index (χ0) is 13.4. The van der Waals surface area contributed by atoms with Gasteiger partial charge in [-0.2, -0.15) is 0 Å². The molecule has 1 aliphatic heterocycles. The number of rotatable bonds is 3. The number of nitrogens with one attached hydrogen (secondary N) is 1.